The van der Waals surface area contributed by atoms with Crippen molar-refractivity contribution in [1.29, 1.82) is 0 Å². The molecule has 0 heterocycles. The van der Waals surface area contributed by atoms with Gasteiger partial charge in [-0.25, -0.2) is 0 Å². The number of azide groups is 1. The largest absolute Gasteiger partial charge is 0.346 e. The first kappa shape index (κ1) is 10.8. The van der Waals surface area contributed by atoms with Crippen LogP contribution in [0.25, 0.3) is 10.4 Å². The van der Waals surface area contributed by atoms with Gasteiger partial charge in [-0.05, 0) is 12.0 Å². The van der Waals surface area contributed by atoms with Crippen molar-refractivity contribution in [3.63, 3.8) is 0 Å². The van der Waals surface area contributed by atoms with E-state index in [9.17, 15) is 4.79 Å². The molecule has 0 aliphatic heterocycles. The Bertz CT molecular complexity index is 186. The minimum atomic E-state index is 0.102. The molecule has 0 aliphatic carbocycles. The van der Waals surface area contributed by atoms with E-state index in [0.29, 0.717) is 19.5 Å². The van der Waals surface area contributed by atoms with Crippen molar-refractivity contribution in [3.8, 4) is 0 Å². The van der Waals surface area contributed by atoms with Crippen LogP contribution in [0.5, 0.6) is 0 Å². The molecule has 0 aliphatic rings. The van der Waals surface area contributed by atoms with Gasteiger partial charge in [0, 0.05) is 31.5 Å². The molecular weight excluding hydrogens is 156 g/mol. The Hall–Kier alpha value is -1.22. The molecular formula is C7H14N4O. The van der Waals surface area contributed by atoms with Crippen LogP contribution in [0.2, 0.25) is 0 Å². The monoisotopic (exact) mass is 170 g/mol. The fourth-order valence-electron chi connectivity index (χ4n) is 0.769. The fraction of sp³-hybridized carbons (Fsp3) is 0.857. The average Bonchev–Trinajstić information content (AvgIpc) is 2.05. The van der Waals surface area contributed by atoms with Gasteiger partial charge >= 0.3 is 0 Å². The highest BCUT2D eigenvalue weighted by atomic mass is 16.2. The third kappa shape index (κ3) is 4.57. The van der Waals surface area contributed by atoms with Crippen molar-refractivity contribution in [2.24, 2.45) is 5.11 Å². The summed E-state index contributed by atoms with van der Waals surface area (Å²) in [5.41, 5.74) is 7.98. The number of likely N-dealkylation sites (N-methyl/N-ethyl adjacent to an activating group) is 1. The summed E-state index contributed by atoms with van der Waals surface area (Å²) in [6.45, 7) is 2.81. The summed E-state index contributed by atoms with van der Waals surface area (Å²) in [6, 6.07) is 0. The highest BCUT2D eigenvalue weighted by Crippen LogP contribution is 1.93. The van der Waals surface area contributed by atoms with Gasteiger partial charge in [0.2, 0.25) is 5.91 Å². The van der Waals surface area contributed by atoms with Gasteiger partial charge in [-0.15, -0.1) is 0 Å². The van der Waals surface area contributed by atoms with Gasteiger partial charge in [0.15, 0.2) is 0 Å². The maximum atomic E-state index is 11.1. The number of rotatable bonds is 5. The van der Waals surface area contributed by atoms with E-state index in [0.717, 1.165) is 6.42 Å². The molecule has 68 valence electrons. The molecule has 5 nitrogen and oxygen atoms in total. The van der Waals surface area contributed by atoms with Gasteiger partial charge in [-0.1, -0.05) is 12.0 Å². The minimum Gasteiger partial charge on any atom is -0.346 e. The Kier molecular flexibility index (Phi) is 5.83. The van der Waals surface area contributed by atoms with Gasteiger partial charge < -0.3 is 4.90 Å². The summed E-state index contributed by atoms with van der Waals surface area (Å²) < 4.78 is 0. The topological polar surface area (TPSA) is 69.1 Å². The smallest absolute Gasteiger partial charge is 0.222 e. The molecule has 0 bridgehead atoms. The first-order valence-electron chi connectivity index (χ1n) is 3.97. The summed E-state index contributed by atoms with van der Waals surface area (Å²) in [5, 5.41) is 3.34. The first-order chi connectivity index (χ1) is 5.72. The predicted octanol–water partition coefficient (Wildman–Crippen LogP) is 1.56. The van der Waals surface area contributed by atoms with Gasteiger partial charge in [0.05, 0.1) is 0 Å². The Balaban J connectivity index is 3.63. The predicted molar refractivity (Wildman–Crippen MR) is 46.6 cm³/mol. The molecule has 12 heavy (non-hydrogen) atoms. The quantitative estimate of drug-likeness (QED) is 0.350. The maximum Gasteiger partial charge on any atom is 0.222 e. The lowest BCUT2D eigenvalue weighted by Gasteiger charge is -2.14. The van der Waals surface area contributed by atoms with Crippen molar-refractivity contribution in [2.45, 2.75) is 19.8 Å². The third-order valence-corrected chi connectivity index (χ3v) is 1.49. The molecule has 0 aromatic carbocycles. The number of hydrogen-bond acceptors (Lipinski definition) is 2. The van der Waals surface area contributed by atoms with E-state index < -0.39 is 0 Å². The van der Waals surface area contributed by atoms with Crippen LogP contribution in [0.15, 0.2) is 5.11 Å². The van der Waals surface area contributed by atoms with Crippen molar-refractivity contribution >= 4 is 5.91 Å². The van der Waals surface area contributed by atoms with Crippen molar-refractivity contribution in [2.75, 3.05) is 20.1 Å². The van der Waals surface area contributed by atoms with E-state index in [4.69, 9.17) is 5.53 Å². The Morgan fingerprint density at radius 2 is 2.33 bits per heavy atom. The summed E-state index contributed by atoms with van der Waals surface area (Å²) in [4.78, 5) is 15.3. The molecule has 0 spiro atoms. The SMILES string of the molecule is CCCC(=O)N(C)CCN=[N+]=[N-]. The summed E-state index contributed by atoms with van der Waals surface area (Å²) in [7, 11) is 1.71. The van der Waals surface area contributed by atoms with Gasteiger partial charge in [-0.3, -0.25) is 4.79 Å². The van der Waals surface area contributed by atoms with Crippen LogP contribution >= 0.6 is 0 Å². The van der Waals surface area contributed by atoms with E-state index >= 15 is 0 Å². The lowest BCUT2D eigenvalue weighted by atomic mass is 10.3. The van der Waals surface area contributed by atoms with Gasteiger partial charge in [0.25, 0.3) is 0 Å². The number of nitrogens with zero attached hydrogens (tertiary/aromatic N) is 4. The normalized spacial score (nSPS) is 8.83. The molecule has 0 aromatic rings. The number of hydrogen-bond donors (Lipinski definition) is 0. The van der Waals surface area contributed by atoms with Crippen LogP contribution in [0.1, 0.15) is 19.8 Å². The zero-order valence-electron chi connectivity index (χ0n) is 7.53. The van der Waals surface area contributed by atoms with E-state index in [1.165, 1.54) is 0 Å². The molecule has 0 saturated heterocycles. The molecule has 0 unspecified atom stereocenters. The van der Waals surface area contributed by atoms with E-state index in [1.54, 1.807) is 11.9 Å². The van der Waals surface area contributed by atoms with Crippen molar-refractivity contribution < 1.29 is 4.79 Å². The van der Waals surface area contributed by atoms with E-state index in [2.05, 4.69) is 10.0 Å². The first-order valence-corrected chi connectivity index (χ1v) is 3.97. The van der Waals surface area contributed by atoms with Crippen molar-refractivity contribution in [1.82, 2.24) is 4.90 Å². The molecule has 1 amide bonds. The Labute approximate surface area is 72.0 Å². The molecule has 0 aromatic heterocycles. The van der Waals surface area contributed by atoms with Gasteiger partial charge in [-0.2, -0.15) is 0 Å². The average molecular weight is 170 g/mol. The number of carbonyl (C=O) groups excluding carboxylic acids is 1. The summed E-state index contributed by atoms with van der Waals surface area (Å²) >= 11 is 0. The Morgan fingerprint density at radius 3 is 2.83 bits per heavy atom. The molecule has 0 radical (unpaired) electrons. The van der Waals surface area contributed by atoms with Crippen LogP contribution in [0, 0.1) is 0 Å². The lowest BCUT2D eigenvalue weighted by Crippen LogP contribution is -2.28. The third-order valence-electron chi connectivity index (χ3n) is 1.49. The Morgan fingerprint density at radius 1 is 1.67 bits per heavy atom. The second kappa shape index (κ2) is 6.49. The second-order valence-corrected chi connectivity index (χ2v) is 2.52. The molecule has 0 N–H and O–H groups in total. The van der Waals surface area contributed by atoms with Crippen LogP contribution in [0.4, 0.5) is 0 Å². The molecule has 5 heteroatoms. The molecule has 0 atom stereocenters. The zero-order chi connectivity index (χ0) is 9.40. The highest BCUT2D eigenvalue weighted by molar-refractivity contribution is 5.75. The number of amides is 1. The van der Waals surface area contributed by atoms with Gasteiger partial charge in [0.1, 0.15) is 0 Å². The van der Waals surface area contributed by atoms with Crippen LogP contribution in [-0.2, 0) is 4.79 Å². The van der Waals surface area contributed by atoms with Crippen LogP contribution < -0.4 is 0 Å². The molecule has 0 saturated carbocycles. The van der Waals surface area contributed by atoms with Crippen LogP contribution in [-0.4, -0.2) is 30.9 Å². The highest BCUT2D eigenvalue weighted by Gasteiger charge is 2.04. The second-order valence-electron chi connectivity index (χ2n) is 2.52. The summed E-state index contributed by atoms with van der Waals surface area (Å²) in [6.07, 6.45) is 1.41. The molecule has 0 rings (SSSR count). The molecule has 0 fully saturated rings. The zero-order valence-corrected chi connectivity index (χ0v) is 7.53. The summed E-state index contributed by atoms with van der Waals surface area (Å²) in [5.74, 6) is 0.102. The number of carbonyl (C=O) groups is 1. The van der Waals surface area contributed by atoms with Crippen molar-refractivity contribution in [3.05, 3.63) is 10.4 Å². The maximum absolute atomic E-state index is 11.1. The fourth-order valence-corrected chi connectivity index (χ4v) is 0.769. The minimum absolute atomic E-state index is 0.102. The van der Waals surface area contributed by atoms with E-state index in [-0.39, 0.29) is 5.91 Å². The standard InChI is InChI=1S/C7H14N4O/c1-3-4-7(12)11(2)6-5-9-10-8/h3-6H2,1-2H3. The van der Waals surface area contributed by atoms with E-state index in [1.807, 2.05) is 6.92 Å². The van der Waals surface area contributed by atoms with Crippen LogP contribution in [0.3, 0.4) is 0 Å². The lowest BCUT2D eigenvalue weighted by molar-refractivity contribution is -0.129.